The molecule has 96 valence electrons. The first-order valence-corrected chi connectivity index (χ1v) is 6.29. The molecule has 1 N–H and O–H groups in total. The zero-order valence-electron chi connectivity index (χ0n) is 10.3. The van der Waals surface area contributed by atoms with Gasteiger partial charge in [0, 0.05) is 25.6 Å². The van der Waals surface area contributed by atoms with Crippen molar-refractivity contribution in [3.8, 4) is 0 Å². The van der Waals surface area contributed by atoms with Crippen molar-refractivity contribution >= 4 is 11.7 Å². The van der Waals surface area contributed by atoms with Gasteiger partial charge in [-0.25, -0.2) is 0 Å². The van der Waals surface area contributed by atoms with Crippen LogP contribution in [-0.4, -0.2) is 55.5 Å². The van der Waals surface area contributed by atoms with Gasteiger partial charge in [-0.3, -0.25) is 9.59 Å². The minimum Gasteiger partial charge on any atom is -0.378 e. The fraction of sp³-hybridized carbons (Fsp3) is 0.833. The first-order valence-electron chi connectivity index (χ1n) is 6.29. The Morgan fingerprint density at radius 2 is 1.94 bits per heavy atom. The van der Waals surface area contributed by atoms with E-state index in [2.05, 4.69) is 5.32 Å². The van der Waals surface area contributed by atoms with Gasteiger partial charge in [-0.05, 0) is 19.8 Å². The van der Waals surface area contributed by atoms with Gasteiger partial charge in [0.15, 0.2) is 0 Å². The minimum atomic E-state index is -0.108. The molecular weight excluding hydrogens is 220 g/mol. The molecule has 2 fully saturated rings. The van der Waals surface area contributed by atoms with Crippen LogP contribution < -0.4 is 5.32 Å². The zero-order chi connectivity index (χ0) is 12.3. The molecule has 0 bridgehead atoms. The van der Waals surface area contributed by atoms with Crippen LogP contribution in [0.3, 0.4) is 0 Å². The Hall–Kier alpha value is -0.940. The third kappa shape index (κ3) is 3.04. The molecule has 0 aliphatic carbocycles. The second-order valence-corrected chi connectivity index (χ2v) is 4.78. The molecule has 0 saturated carbocycles. The molecule has 0 radical (unpaired) electrons. The number of Topliss-reactive ketones (excluding diaryl/α,β-unsaturated/α-hetero) is 1. The lowest BCUT2D eigenvalue weighted by Crippen LogP contribution is -2.53. The highest BCUT2D eigenvalue weighted by atomic mass is 16.5. The molecule has 0 aromatic carbocycles. The Morgan fingerprint density at radius 3 is 2.47 bits per heavy atom. The van der Waals surface area contributed by atoms with Gasteiger partial charge in [-0.2, -0.15) is 0 Å². The van der Waals surface area contributed by atoms with Crippen molar-refractivity contribution in [2.24, 2.45) is 5.92 Å². The van der Waals surface area contributed by atoms with E-state index in [-0.39, 0.29) is 23.7 Å². The SMILES string of the molecule is CC(=O)C1CCC(C(=O)N2CCOCC2)NC1. The fourth-order valence-corrected chi connectivity index (χ4v) is 2.42. The predicted molar refractivity (Wildman–Crippen MR) is 62.6 cm³/mol. The highest BCUT2D eigenvalue weighted by Gasteiger charge is 2.30. The van der Waals surface area contributed by atoms with Crippen LogP contribution in [0.15, 0.2) is 0 Å². The van der Waals surface area contributed by atoms with Crippen molar-refractivity contribution in [3.05, 3.63) is 0 Å². The van der Waals surface area contributed by atoms with Crippen LogP contribution in [0.5, 0.6) is 0 Å². The lowest BCUT2D eigenvalue weighted by molar-refractivity contribution is -0.139. The molecule has 1 amide bonds. The van der Waals surface area contributed by atoms with Gasteiger partial charge >= 0.3 is 0 Å². The quantitative estimate of drug-likeness (QED) is 0.726. The van der Waals surface area contributed by atoms with Gasteiger partial charge < -0.3 is 15.0 Å². The lowest BCUT2D eigenvalue weighted by atomic mass is 9.91. The number of morpholine rings is 1. The van der Waals surface area contributed by atoms with Crippen molar-refractivity contribution in [1.82, 2.24) is 10.2 Å². The van der Waals surface area contributed by atoms with Gasteiger partial charge in [0.1, 0.15) is 5.78 Å². The number of amides is 1. The standard InChI is InChI=1S/C12H20N2O3/c1-9(15)10-2-3-11(13-8-10)12(16)14-4-6-17-7-5-14/h10-11,13H,2-8H2,1H3. The number of nitrogens with zero attached hydrogens (tertiary/aromatic N) is 1. The normalized spacial score (nSPS) is 30.1. The summed E-state index contributed by atoms with van der Waals surface area (Å²) in [7, 11) is 0. The zero-order valence-corrected chi connectivity index (χ0v) is 10.3. The van der Waals surface area contributed by atoms with E-state index in [1.54, 1.807) is 6.92 Å². The first-order chi connectivity index (χ1) is 8.18. The highest BCUT2D eigenvalue weighted by Crippen LogP contribution is 2.17. The molecule has 0 aromatic heterocycles. The maximum atomic E-state index is 12.2. The summed E-state index contributed by atoms with van der Waals surface area (Å²) in [6.07, 6.45) is 1.59. The molecule has 0 aromatic rings. The number of nitrogens with one attached hydrogen (secondary N) is 1. The van der Waals surface area contributed by atoms with Crippen LogP contribution in [0, 0.1) is 5.92 Å². The third-order valence-corrected chi connectivity index (χ3v) is 3.61. The summed E-state index contributed by atoms with van der Waals surface area (Å²) in [5, 5.41) is 3.19. The minimum absolute atomic E-state index is 0.0868. The van der Waals surface area contributed by atoms with Crippen LogP contribution in [0.25, 0.3) is 0 Å². The maximum Gasteiger partial charge on any atom is 0.239 e. The number of carbonyl (C=O) groups is 2. The number of piperidine rings is 1. The van der Waals surface area contributed by atoms with Gasteiger partial charge in [-0.15, -0.1) is 0 Å². The number of carbonyl (C=O) groups excluding carboxylic acids is 2. The molecule has 2 atom stereocenters. The van der Waals surface area contributed by atoms with Gasteiger partial charge in [0.2, 0.25) is 5.91 Å². The summed E-state index contributed by atoms with van der Waals surface area (Å²) in [4.78, 5) is 25.2. The lowest BCUT2D eigenvalue weighted by Gasteiger charge is -2.34. The molecule has 5 nitrogen and oxygen atoms in total. The largest absolute Gasteiger partial charge is 0.378 e. The summed E-state index contributed by atoms with van der Waals surface area (Å²) in [6.45, 7) is 4.90. The maximum absolute atomic E-state index is 12.2. The Labute approximate surface area is 101 Å². The van der Waals surface area contributed by atoms with Gasteiger partial charge in [0.05, 0.1) is 19.3 Å². The number of hydrogen-bond donors (Lipinski definition) is 1. The van der Waals surface area contributed by atoms with Crippen LogP contribution >= 0.6 is 0 Å². The van der Waals surface area contributed by atoms with Crippen molar-refractivity contribution in [3.63, 3.8) is 0 Å². The van der Waals surface area contributed by atoms with Crippen molar-refractivity contribution in [2.75, 3.05) is 32.8 Å². The molecule has 0 spiro atoms. The summed E-state index contributed by atoms with van der Waals surface area (Å²) in [5.41, 5.74) is 0. The molecular formula is C12H20N2O3. The monoisotopic (exact) mass is 240 g/mol. The van der Waals surface area contributed by atoms with Crippen molar-refractivity contribution in [1.29, 1.82) is 0 Å². The number of ether oxygens (including phenoxy) is 1. The average molecular weight is 240 g/mol. The van der Waals surface area contributed by atoms with E-state index in [0.29, 0.717) is 32.8 Å². The summed E-state index contributed by atoms with van der Waals surface area (Å²) in [5.74, 6) is 0.466. The highest BCUT2D eigenvalue weighted by molar-refractivity contribution is 5.83. The van der Waals surface area contributed by atoms with Crippen LogP contribution in [-0.2, 0) is 14.3 Å². The second kappa shape index (κ2) is 5.60. The van der Waals surface area contributed by atoms with Crippen molar-refractivity contribution in [2.45, 2.75) is 25.8 Å². The molecule has 2 heterocycles. The second-order valence-electron chi connectivity index (χ2n) is 4.78. The van der Waals surface area contributed by atoms with E-state index < -0.39 is 0 Å². The molecule has 2 unspecified atom stereocenters. The molecule has 2 saturated heterocycles. The Balaban J connectivity index is 1.83. The molecule has 17 heavy (non-hydrogen) atoms. The molecule has 2 rings (SSSR count). The molecule has 5 heteroatoms. The Bertz CT molecular complexity index is 292. The van der Waals surface area contributed by atoms with Crippen LogP contribution in [0.1, 0.15) is 19.8 Å². The van der Waals surface area contributed by atoms with E-state index in [9.17, 15) is 9.59 Å². The summed E-state index contributed by atoms with van der Waals surface area (Å²) < 4.78 is 5.23. The fourth-order valence-electron chi connectivity index (χ4n) is 2.42. The Morgan fingerprint density at radius 1 is 1.24 bits per heavy atom. The first kappa shape index (κ1) is 12.5. The van der Waals surface area contributed by atoms with Crippen LogP contribution in [0.2, 0.25) is 0 Å². The molecule has 2 aliphatic rings. The third-order valence-electron chi connectivity index (χ3n) is 3.61. The van der Waals surface area contributed by atoms with E-state index in [0.717, 1.165) is 12.8 Å². The number of hydrogen-bond acceptors (Lipinski definition) is 4. The summed E-state index contributed by atoms with van der Waals surface area (Å²) >= 11 is 0. The van der Waals surface area contributed by atoms with Crippen molar-refractivity contribution < 1.29 is 14.3 Å². The predicted octanol–water partition coefficient (Wildman–Crippen LogP) is -0.198. The molecule has 2 aliphatic heterocycles. The Kier molecular flexibility index (Phi) is 4.12. The average Bonchev–Trinajstić information content (AvgIpc) is 2.39. The topological polar surface area (TPSA) is 58.6 Å². The van der Waals surface area contributed by atoms with E-state index >= 15 is 0 Å². The van der Waals surface area contributed by atoms with E-state index in [1.807, 2.05) is 4.90 Å². The van der Waals surface area contributed by atoms with Gasteiger partial charge in [0.25, 0.3) is 0 Å². The summed E-state index contributed by atoms with van der Waals surface area (Å²) in [6, 6.07) is -0.108. The van der Waals surface area contributed by atoms with Gasteiger partial charge in [-0.1, -0.05) is 0 Å². The number of rotatable bonds is 2. The van der Waals surface area contributed by atoms with E-state index in [1.165, 1.54) is 0 Å². The number of ketones is 1. The van der Waals surface area contributed by atoms with E-state index in [4.69, 9.17) is 4.74 Å². The van der Waals surface area contributed by atoms with Crippen LogP contribution in [0.4, 0.5) is 0 Å². The smallest absolute Gasteiger partial charge is 0.239 e.